The molecular weight excluding hydrogens is 162 g/mol. The molecule has 0 aromatic carbocycles. The predicted octanol–water partition coefficient (Wildman–Crippen LogP) is -0.254. The van der Waals surface area contributed by atoms with E-state index in [1.54, 1.807) is 6.92 Å². The van der Waals surface area contributed by atoms with Crippen LogP contribution in [0.4, 0.5) is 4.79 Å². The highest BCUT2D eigenvalue weighted by molar-refractivity contribution is 5.65. The number of hydrogen-bond donors (Lipinski definition) is 2. The van der Waals surface area contributed by atoms with E-state index < -0.39 is 6.09 Å². The number of nitrogens with zero attached hydrogens (tertiary/aromatic N) is 1. The van der Waals surface area contributed by atoms with E-state index in [4.69, 9.17) is 14.9 Å². The molecule has 1 rings (SSSR count). The minimum Gasteiger partial charge on any atom is -0.465 e. The number of ether oxygens (including phenoxy) is 1. The Morgan fingerprint density at radius 1 is 1.75 bits per heavy atom. The zero-order valence-corrected chi connectivity index (χ0v) is 6.93. The molecule has 0 aliphatic carbocycles. The second kappa shape index (κ2) is 3.73. The average Bonchev–Trinajstić information content (AvgIpc) is 2.05. The molecule has 5 heteroatoms. The Kier molecular flexibility index (Phi) is 2.88. The average molecular weight is 175 g/mol. The van der Waals surface area contributed by atoms with Gasteiger partial charge in [0.05, 0.1) is 31.9 Å². The van der Waals surface area contributed by atoms with Crippen LogP contribution in [-0.2, 0) is 4.74 Å². The van der Waals surface area contributed by atoms with E-state index in [9.17, 15) is 4.79 Å². The maximum atomic E-state index is 10.6. The summed E-state index contributed by atoms with van der Waals surface area (Å²) in [5.74, 6) is 0. The van der Waals surface area contributed by atoms with Crippen LogP contribution in [-0.4, -0.2) is 53.1 Å². The van der Waals surface area contributed by atoms with Crippen molar-refractivity contribution < 1.29 is 19.7 Å². The topological polar surface area (TPSA) is 70.0 Å². The zero-order chi connectivity index (χ0) is 9.14. The summed E-state index contributed by atoms with van der Waals surface area (Å²) in [6.45, 7) is 2.27. The van der Waals surface area contributed by atoms with Gasteiger partial charge in [0.15, 0.2) is 0 Å². The molecule has 0 unspecified atom stereocenters. The van der Waals surface area contributed by atoms with Crippen molar-refractivity contribution in [3.63, 3.8) is 0 Å². The maximum absolute atomic E-state index is 10.6. The third kappa shape index (κ3) is 1.86. The Labute approximate surface area is 70.5 Å². The first kappa shape index (κ1) is 9.28. The molecular formula is C7H13NO4. The Bertz CT molecular complexity index is 173. The van der Waals surface area contributed by atoms with E-state index in [1.807, 2.05) is 0 Å². The predicted molar refractivity (Wildman–Crippen MR) is 41.0 cm³/mol. The van der Waals surface area contributed by atoms with Crippen LogP contribution in [0.1, 0.15) is 6.92 Å². The number of carboxylic acid groups (broad SMARTS) is 1. The van der Waals surface area contributed by atoms with Gasteiger partial charge in [0.1, 0.15) is 0 Å². The van der Waals surface area contributed by atoms with Crippen molar-refractivity contribution in [3.05, 3.63) is 0 Å². The molecule has 0 aromatic rings. The maximum Gasteiger partial charge on any atom is 0.407 e. The van der Waals surface area contributed by atoms with Gasteiger partial charge in [-0.1, -0.05) is 0 Å². The van der Waals surface area contributed by atoms with Crippen LogP contribution < -0.4 is 0 Å². The Balaban J connectivity index is 2.53. The van der Waals surface area contributed by atoms with Crippen LogP contribution in [0, 0.1) is 0 Å². The molecule has 0 aromatic heterocycles. The number of morpholine rings is 1. The summed E-state index contributed by atoms with van der Waals surface area (Å²) in [5, 5.41) is 17.4. The molecule has 5 nitrogen and oxygen atoms in total. The van der Waals surface area contributed by atoms with Gasteiger partial charge < -0.3 is 19.8 Å². The third-order valence-corrected chi connectivity index (χ3v) is 1.95. The molecule has 0 radical (unpaired) electrons. The van der Waals surface area contributed by atoms with Crippen LogP contribution in [0.15, 0.2) is 0 Å². The van der Waals surface area contributed by atoms with Gasteiger partial charge in [0, 0.05) is 0 Å². The van der Waals surface area contributed by atoms with Crippen LogP contribution in [0.3, 0.4) is 0 Å². The van der Waals surface area contributed by atoms with E-state index in [0.717, 1.165) is 0 Å². The first-order valence-electron chi connectivity index (χ1n) is 3.87. The first-order valence-corrected chi connectivity index (χ1v) is 3.87. The summed E-state index contributed by atoms with van der Waals surface area (Å²) >= 11 is 0. The lowest BCUT2D eigenvalue weighted by Crippen LogP contribution is -2.51. The molecule has 1 saturated heterocycles. The van der Waals surface area contributed by atoms with Crippen molar-refractivity contribution in [1.29, 1.82) is 0 Å². The minimum absolute atomic E-state index is 0.120. The number of hydrogen-bond acceptors (Lipinski definition) is 3. The number of aliphatic hydroxyl groups is 1. The molecule has 0 spiro atoms. The summed E-state index contributed by atoms with van der Waals surface area (Å²) < 4.78 is 5.16. The summed E-state index contributed by atoms with van der Waals surface area (Å²) in [6, 6.07) is -0.120. The van der Waals surface area contributed by atoms with E-state index in [1.165, 1.54) is 4.90 Å². The van der Waals surface area contributed by atoms with E-state index >= 15 is 0 Å². The van der Waals surface area contributed by atoms with Crippen molar-refractivity contribution in [2.45, 2.75) is 19.1 Å². The molecule has 2 N–H and O–H groups in total. The number of amides is 1. The molecule has 1 heterocycles. The molecule has 1 aliphatic rings. The standard InChI is InChI=1S/C7H13NO4/c1-5-4-12-6(3-9)2-8(5)7(10)11/h5-6,9H,2-4H2,1H3,(H,10,11)/t5-,6+/m0/s1. The van der Waals surface area contributed by atoms with Crippen LogP contribution >= 0.6 is 0 Å². The molecule has 1 fully saturated rings. The van der Waals surface area contributed by atoms with Gasteiger partial charge in [0.25, 0.3) is 0 Å². The number of carbonyl (C=O) groups is 1. The molecule has 2 atom stereocenters. The van der Waals surface area contributed by atoms with Crippen molar-refractivity contribution >= 4 is 6.09 Å². The fourth-order valence-electron chi connectivity index (χ4n) is 1.19. The molecule has 1 amide bonds. The van der Waals surface area contributed by atoms with Gasteiger partial charge in [-0.25, -0.2) is 4.79 Å². The van der Waals surface area contributed by atoms with Crippen LogP contribution in [0.25, 0.3) is 0 Å². The lowest BCUT2D eigenvalue weighted by molar-refractivity contribution is -0.0687. The van der Waals surface area contributed by atoms with Crippen molar-refractivity contribution in [2.75, 3.05) is 19.8 Å². The monoisotopic (exact) mass is 175 g/mol. The smallest absolute Gasteiger partial charge is 0.407 e. The quantitative estimate of drug-likeness (QED) is 0.576. The Hall–Kier alpha value is -0.810. The summed E-state index contributed by atoms with van der Waals surface area (Å²) in [7, 11) is 0. The van der Waals surface area contributed by atoms with Crippen LogP contribution in [0.5, 0.6) is 0 Å². The second-order valence-electron chi connectivity index (χ2n) is 2.92. The van der Waals surface area contributed by atoms with Gasteiger partial charge in [-0.05, 0) is 6.92 Å². The van der Waals surface area contributed by atoms with Crippen molar-refractivity contribution in [2.24, 2.45) is 0 Å². The largest absolute Gasteiger partial charge is 0.465 e. The normalized spacial score (nSPS) is 30.3. The first-order chi connectivity index (χ1) is 5.65. The molecule has 0 bridgehead atoms. The zero-order valence-electron chi connectivity index (χ0n) is 6.93. The van der Waals surface area contributed by atoms with E-state index in [0.29, 0.717) is 6.61 Å². The lowest BCUT2D eigenvalue weighted by Gasteiger charge is -2.35. The van der Waals surface area contributed by atoms with E-state index in [-0.39, 0.29) is 25.3 Å². The summed E-state index contributed by atoms with van der Waals surface area (Å²) in [6.07, 6.45) is -1.32. The van der Waals surface area contributed by atoms with Gasteiger partial charge >= 0.3 is 6.09 Å². The molecule has 12 heavy (non-hydrogen) atoms. The van der Waals surface area contributed by atoms with Gasteiger partial charge in [0.2, 0.25) is 0 Å². The summed E-state index contributed by atoms with van der Waals surface area (Å²) in [5.41, 5.74) is 0. The Morgan fingerprint density at radius 3 is 2.92 bits per heavy atom. The third-order valence-electron chi connectivity index (χ3n) is 1.95. The minimum atomic E-state index is -0.954. The van der Waals surface area contributed by atoms with Crippen LogP contribution in [0.2, 0.25) is 0 Å². The highest BCUT2D eigenvalue weighted by atomic mass is 16.5. The van der Waals surface area contributed by atoms with Gasteiger partial charge in [-0.3, -0.25) is 0 Å². The highest BCUT2D eigenvalue weighted by Crippen LogP contribution is 2.10. The van der Waals surface area contributed by atoms with Crippen molar-refractivity contribution in [1.82, 2.24) is 4.90 Å². The molecule has 0 saturated carbocycles. The number of aliphatic hydroxyl groups excluding tert-OH is 1. The SMILES string of the molecule is C[C@H]1CO[C@@H](CO)CN1C(=O)O. The highest BCUT2D eigenvalue weighted by Gasteiger charge is 2.28. The lowest BCUT2D eigenvalue weighted by atomic mass is 10.2. The molecule has 1 aliphatic heterocycles. The molecule has 70 valence electrons. The van der Waals surface area contributed by atoms with Crippen molar-refractivity contribution in [3.8, 4) is 0 Å². The van der Waals surface area contributed by atoms with E-state index in [2.05, 4.69) is 0 Å². The number of rotatable bonds is 1. The summed E-state index contributed by atoms with van der Waals surface area (Å²) in [4.78, 5) is 11.9. The van der Waals surface area contributed by atoms with Gasteiger partial charge in [-0.15, -0.1) is 0 Å². The van der Waals surface area contributed by atoms with Gasteiger partial charge in [-0.2, -0.15) is 0 Å². The Morgan fingerprint density at radius 2 is 2.42 bits per heavy atom. The fourth-order valence-corrected chi connectivity index (χ4v) is 1.19. The fraction of sp³-hybridized carbons (Fsp3) is 0.857. The second-order valence-corrected chi connectivity index (χ2v) is 2.92.